The van der Waals surface area contributed by atoms with Crippen LogP contribution < -0.4 is 5.32 Å². The third-order valence-electron chi connectivity index (χ3n) is 3.19. The van der Waals surface area contributed by atoms with Crippen LogP contribution in [0.25, 0.3) is 0 Å². The van der Waals surface area contributed by atoms with Crippen LogP contribution in [0.15, 0.2) is 30.3 Å². The smallest absolute Gasteiger partial charge is 0.441 e. The maximum absolute atomic E-state index is 11.6. The van der Waals surface area contributed by atoms with E-state index in [4.69, 9.17) is 14.2 Å². The molecule has 1 aromatic rings. The number of benzene rings is 1. The highest BCUT2D eigenvalue weighted by Crippen LogP contribution is 2.23. The van der Waals surface area contributed by atoms with Crippen molar-refractivity contribution >= 4 is 18.0 Å². The van der Waals surface area contributed by atoms with Crippen molar-refractivity contribution in [1.29, 1.82) is 0 Å². The van der Waals surface area contributed by atoms with Crippen LogP contribution in [-0.2, 0) is 30.4 Å². The lowest BCUT2D eigenvalue weighted by atomic mass is 9.93. The number of esters is 1. The maximum Gasteiger partial charge on any atom is 0.508 e. The van der Waals surface area contributed by atoms with Crippen molar-refractivity contribution in [1.82, 2.24) is 5.32 Å². The molecule has 1 aliphatic rings. The molecule has 0 aliphatic carbocycles. The number of nitrogens with one attached hydrogen (secondary N) is 1. The Bertz CT molecular complexity index is 558. The number of ether oxygens (including phenoxy) is 3. The Kier molecular flexibility index (Phi) is 4.98. The van der Waals surface area contributed by atoms with Crippen LogP contribution in [0, 0.1) is 5.92 Å². The molecule has 0 unspecified atom stereocenters. The lowest BCUT2D eigenvalue weighted by Gasteiger charge is -2.38. The summed E-state index contributed by atoms with van der Waals surface area (Å²) in [7, 11) is 0. The predicted molar refractivity (Wildman–Crippen MR) is 74.4 cm³/mol. The minimum atomic E-state index is -0.877. The molecule has 2 rings (SSSR count). The number of rotatable bonds is 5. The van der Waals surface area contributed by atoms with Crippen LogP contribution in [-0.4, -0.2) is 30.4 Å². The van der Waals surface area contributed by atoms with Gasteiger partial charge in [-0.2, -0.15) is 0 Å². The fraction of sp³-hybridized carbons (Fsp3) is 0.400. The van der Waals surface area contributed by atoms with Gasteiger partial charge in [0.25, 0.3) is 0 Å². The summed E-state index contributed by atoms with van der Waals surface area (Å²) in [5, 5.41) is 2.42. The van der Waals surface area contributed by atoms with E-state index in [-0.39, 0.29) is 12.5 Å². The molecule has 7 heteroatoms. The summed E-state index contributed by atoms with van der Waals surface area (Å²) in [5.41, 5.74) is 0.825. The van der Waals surface area contributed by atoms with Gasteiger partial charge in [-0.05, 0) is 12.5 Å². The molecule has 1 amide bonds. The number of amides is 1. The van der Waals surface area contributed by atoms with Crippen molar-refractivity contribution in [3.63, 3.8) is 0 Å². The van der Waals surface area contributed by atoms with Gasteiger partial charge >= 0.3 is 12.1 Å². The van der Waals surface area contributed by atoms with E-state index in [9.17, 15) is 14.4 Å². The summed E-state index contributed by atoms with van der Waals surface area (Å²) in [6, 6.07) is 9.14. The molecule has 22 heavy (non-hydrogen) atoms. The standard InChI is InChI=1S/C15H17NO6/c1-9(12-13(18)16-14(12)22-10(2)17)21-15(19)20-8-11-6-4-3-5-7-11/h3-7,9,12,14H,8H2,1-2H3,(H,16,18)/t9-,12-,14-/m1/s1. The van der Waals surface area contributed by atoms with Crippen molar-refractivity contribution in [3.8, 4) is 0 Å². The van der Waals surface area contributed by atoms with E-state index >= 15 is 0 Å². The van der Waals surface area contributed by atoms with Crippen LogP contribution >= 0.6 is 0 Å². The lowest BCUT2D eigenvalue weighted by Crippen LogP contribution is -2.63. The van der Waals surface area contributed by atoms with Gasteiger partial charge in [0.15, 0.2) is 6.23 Å². The molecular formula is C15H17NO6. The maximum atomic E-state index is 11.6. The lowest BCUT2D eigenvalue weighted by molar-refractivity contribution is -0.174. The minimum Gasteiger partial charge on any atom is -0.441 e. The third kappa shape index (κ3) is 3.97. The van der Waals surface area contributed by atoms with Crippen LogP contribution in [0.2, 0.25) is 0 Å². The Labute approximate surface area is 127 Å². The Balaban J connectivity index is 1.80. The van der Waals surface area contributed by atoms with Crippen molar-refractivity contribution in [3.05, 3.63) is 35.9 Å². The van der Waals surface area contributed by atoms with E-state index in [1.165, 1.54) is 6.92 Å². The monoisotopic (exact) mass is 307 g/mol. The average molecular weight is 307 g/mol. The molecule has 0 bridgehead atoms. The molecule has 1 heterocycles. The number of β-lactam (4-membered cyclic amide) rings is 1. The molecule has 3 atom stereocenters. The van der Waals surface area contributed by atoms with Gasteiger partial charge in [-0.1, -0.05) is 30.3 Å². The molecule has 1 aromatic carbocycles. The second-order valence-electron chi connectivity index (χ2n) is 4.91. The Hall–Kier alpha value is -2.57. The first kappa shape index (κ1) is 15.8. The quantitative estimate of drug-likeness (QED) is 0.652. The van der Waals surface area contributed by atoms with Gasteiger partial charge in [0.1, 0.15) is 18.6 Å². The Morgan fingerprint density at radius 2 is 1.95 bits per heavy atom. The molecule has 0 spiro atoms. The molecule has 1 aliphatic heterocycles. The van der Waals surface area contributed by atoms with Gasteiger partial charge in [0.05, 0.1) is 0 Å². The third-order valence-corrected chi connectivity index (χ3v) is 3.19. The van der Waals surface area contributed by atoms with E-state index in [0.717, 1.165) is 5.56 Å². The van der Waals surface area contributed by atoms with Crippen LogP contribution in [0.3, 0.4) is 0 Å². The normalized spacial score (nSPS) is 21.1. The van der Waals surface area contributed by atoms with E-state index in [0.29, 0.717) is 0 Å². The fourth-order valence-corrected chi connectivity index (χ4v) is 2.08. The average Bonchev–Trinajstić information content (AvgIpc) is 2.44. The first-order valence-electron chi connectivity index (χ1n) is 6.82. The van der Waals surface area contributed by atoms with E-state index in [2.05, 4.69) is 5.32 Å². The van der Waals surface area contributed by atoms with Crippen molar-refractivity contribution in [2.75, 3.05) is 0 Å². The molecule has 1 saturated heterocycles. The molecule has 118 valence electrons. The van der Waals surface area contributed by atoms with E-state index in [1.54, 1.807) is 6.92 Å². The molecule has 7 nitrogen and oxygen atoms in total. The van der Waals surface area contributed by atoms with Gasteiger partial charge in [-0.3, -0.25) is 9.59 Å². The van der Waals surface area contributed by atoms with Gasteiger partial charge in [0, 0.05) is 6.92 Å². The zero-order valence-corrected chi connectivity index (χ0v) is 12.3. The highest BCUT2D eigenvalue weighted by atomic mass is 16.7. The van der Waals surface area contributed by atoms with Crippen LogP contribution in [0.1, 0.15) is 19.4 Å². The van der Waals surface area contributed by atoms with Crippen molar-refractivity contribution < 1.29 is 28.6 Å². The van der Waals surface area contributed by atoms with E-state index < -0.39 is 30.4 Å². The van der Waals surface area contributed by atoms with Crippen LogP contribution in [0.4, 0.5) is 4.79 Å². The summed E-state index contributed by atoms with van der Waals surface area (Å²) >= 11 is 0. The van der Waals surface area contributed by atoms with Crippen molar-refractivity contribution in [2.45, 2.75) is 32.8 Å². The fourth-order valence-electron chi connectivity index (χ4n) is 2.08. The molecule has 0 radical (unpaired) electrons. The van der Waals surface area contributed by atoms with Gasteiger partial charge < -0.3 is 19.5 Å². The highest BCUT2D eigenvalue weighted by Gasteiger charge is 2.47. The first-order valence-corrected chi connectivity index (χ1v) is 6.82. The molecule has 0 saturated carbocycles. The number of hydrogen-bond acceptors (Lipinski definition) is 6. The van der Waals surface area contributed by atoms with Crippen LogP contribution in [0.5, 0.6) is 0 Å². The zero-order valence-electron chi connectivity index (χ0n) is 12.3. The van der Waals surface area contributed by atoms with E-state index in [1.807, 2.05) is 30.3 Å². The molecule has 0 aromatic heterocycles. The van der Waals surface area contributed by atoms with Gasteiger partial charge in [-0.25, -0.2) is 4.79 Å². The zero-order chi connectivity index (χ0) is 16.1. The topological polar surface area (TPSA) is 90.9 Å². The molecule has 1 N–H and O–H groups in total. The van der Waals surface area contributed by atoms with Gasteiger partial charge in [-0.15, -0.1) is 0 Å². The largest absolute Gasteiger partial charge is 0.508 e. The Morgan fingerprint density at radius 1 is 1.27 bits per heavy atom. The summed E-state index contributed by atoms with van der Waals surface area (Å²) < 4.78 is 14.9. The molecule has 1 fully saturated rings. The number of carbonyl (C=O) groups is 3. The number of hydrogen-bond donors (Lipinski definition) is 1. The minimum absolute atomic E-state index is 0.0800. The molecular weight excluding hydrogens is 290 g/mol. The first-order chi connectivity index (χ1) is 10.5. The second-order valence-corrected chi connectivity index (χ2v) is 4.91. The predicted octanol–water partition coefficient (Wildman–Crippen LogP) is 1.36. The Morgan fingerprint density at radius 3 is 2.55 bits per heavy atom. The SMILES string of the molecule is CC(=O)O[C@H]1NC(=O)[C@H]1[C@@H](C)OC(=O)OCc1ccccc1. The number of carbonyl (C=O) groups excluding carboxylic acids is 3. The second kappa shape index (κ2) is 6.93. The summed E-state index contributed by atoms with van der Waals surface area (Å²) in [6.45, 7) is 2.86. The summed E-state index contributed by atoms with van der Waals surface area (Å²) in [4.78, 5) is 34.0. The summed E-state index contributed by atoms with van der Waals surface area (Å²) in [5.74, 6) is -1.59. The highest BCUT2D eigenvalue weighted by molar-refractivity contribution is 5.87. The summed E-state index contributed by atoms with van der Waals surface area (Å²) in [6.07, 6.45) is -2.42. The van der Waals surface area contributed by atoms with Crippen molar-refractivity contribution in [2.24, 2.45) is 5.92 Å². The van der Waals surface area contributed by atoms with Gasteiger partial charge in [0.2, 0.25) is 5.91 Å².